The summed E-state index contributed by atoms with van der Waals surface area (Å²) in [6.07, 6.45) is 2.11. The number of benzene rings is 2. The number of thiazole rings is 1. The summed E-state index contributed by atoms with van der Waals surface area (Å²) in [5, 5.41) is 3.38. The summed E-state index contributed by atoms with van der Waals surface area (Å²) >= 11 is 7.35. The largest absolute Gasteiger partial charge is 0.486 e. The smallest absolute Gasteiger partial charge is 0.229 e. The molecule has 0 bridgehead atoms. The van der Waals surface area contributed by atoms with Crippen LogP contribution in [0.25, 0.3) is 0 Å². The molecule has 2 aromatic carbocycles. The first-order valence-electron chi connectivity index (χ1n) is 9.45. The molecule has 150 valence electrons. The molecule has 1 fully saturated rings. The Kier molecular flexibility index (Phi) is 6.11. The minimum atomic E-state index is -0.263. The van der Waals surface area contributed by atoms with E-state index in [0.29, 0.717) is 11.6 Å². The molecule has 1 unspecified atom stereocenters. The third kappa shape index (κ3) is 4.95. The highest BCUT2D eigenvalue weighted by Crippen LogP contribution is 2.32. The molecule has 3 aromatic rings. The molecule has 0 N–H and O–H groups in total. The highest BCUT2D eigenvalue weighted by atomic mass is 35.5. The minimum absolute atomic E-state index is 0.00874. The molecule has 1 amide bonds. The van der Waals surface area contributed by atoms with Gasteiger partial charge in [-0.05, 0) is 54.8 Å². The number of hydrogen-bond acceptors (Lipinski definition) is 4. The van der Waals surface area contributed by atoms with E-state index in [4.69, 9.17) is 16.3 Å². The van der Waals surface area contributed by atoms with E-state index < -0.39 is 0 Å². The lowest BCUT2D eigenvalue weighted by Crippen LogP contribution is -2.31. The standard InChI is InChI=1S/C22H20ClFN2O2S/c23-16-5-9-19(10-6-16)28-13-21-25-18(14-29-21)12-22(27)26-11-1-2-20(26)15-3-7-17(24)8-4-15/h3-10,14,20H,1-2,11-13H2. The van der Waals surface area contributed by atoms with Crippen molar-refractivity contribution in [1.29, 1.82) is 0 Å². The first-order valence-corrected chi connectivity index (χ1v) is 10.7. The summed E-state index contributed by atoms with van der Waals surface area (Å²) in [5.74, 6) is 0.508. The Morgan fingerprint density at radius 1 is 1.21 bits per heavy atom. The van der Waals surface area contributed by atoms with E-state index >= 15 is 0 Å². The van der Waals surface area contributed by atoms with Gasteiger partial charge in [-0.25, -0.2) is 9.37 Å². The second-order valence-electron chi connectivity index (χ2n) is 6.95. The molecule has 2 heterocycles. The number of halogens is 2. The average Bonchev–Trinajstić information content (AvgIpc) is 3.38. The molecule has 4 nitrogen and oxygen atoms in total. The summed E-state index contributed by atoms with van der Waals surface area (Å²) in [6.45, 7) is 1.07. The molecule has 1 aromatic heterocycles. The van der Waals surface area contributed by atoms with Gasteiger partial charge < -0.3 is 9.64 Å². The zero-order chi connectivity index (χ0) is 20.2. The van der Waals surface area contributed by atoms with Gasteiger partial charge in [-0.15, -0.1) is 11.3 Å². The van der Waals surface area contributed by atoms with Gasteiger partial charge in [0.15, 0.2) is 0 Å². The SMILES string of the molecule is O=C(Cc1csc(COc2ccc(Cl)cc2)n1)N1CCCC1c1ccc(F)cc1. The normalized spacial score (nSPS) is 16.2. The Hall–Kier alpha value is -2.44. The van der Waals surface area contributed by atoms with Gasteiger partial charge in [-0.2, -0.15) is 0 Å². The Labute approximate surface area is 177 Å². The fourth-order valence-corrected chi connectivity index (χ4v) is 4.36. The highest BCUT2D eigenvalue weighted by molar-refractivity contribution is 7.09. The number of rotatable bonds is 6. The number of carbonyl (C=O) groups is 1. The number of carbonyl (C=O) groups excluding carboxylic acids is 1. The van der Waals surface area contributed by atoms with E-state index in [0.717, 1.165) is 41.4 Å². The molecule has 0 radical (unpaired) electrons. The lowest BCUT2D eigenvalue weighted by Gasteiger charge is -2.25. The quantitative estimate of drug-likeness (QED) is 0.524. The molecule has 0 saturated carbocycles. The maximum Gasteiger partial charge on any atom is 0.229 e. The van der Waals surface area contributed by atoms with E-state index in [1.165, 1.54) is 23.5 Å². The van der Waals surface area contributed by atoms with Crippen molar-refractivity contribution in [3.05, 3.63) is 81.0 Å². The first-order chi connectivity index (χ1) is 14.1. The third-order valence-corrected chi connectivity index (χ3v) is 6.06. The van der Waals surface area contributed by atoms with Crippen LogP contribution in [0, 0.1) is 5.82 Å². The second kappa shape index (κ2) is 8.93. The highest BCUT2D eigenvalue weighted by Gasteiger charge is 2.30. The lowest BCUT2D eigenvalue weighted by molar-refractivity contribution is -0.131. The molecule has 1 atom stereocenters. The Bertz CT molecular complexity index is 975. The van der Waals surface area contributed by atoms with Crippen molar-refractivity contribution in [1.82, 2.24) is 9.88 Å². The van der Waals surface area contributed by atoms with E-state index in [-0.39, 0.29) is 24.2 Å². The summed E-state index contributed by atoms with van der Waals surface area (Å²) in [4.78, 5) is 19.3. The van der Waals surface area contributed by atoms with Crippen molar-refractivity contribution in [2.24, 2.45) is 0 Å². The maximum absolute atomic E-state index is 13.2. The molecule has 4 rings (SSSR count). The van der Waals surface area contributed by atoms with Crippen molar-refractivity contribution >= 4 is 28.8 Å². The number of likely N-dealkylation sites (tertiary alicyclic amines) is 1. The topological polar surface area (TPSA) is 42.4 Å². The van der Waals surface area contributed by atoms with E-state index in [1.54, 1.807) is 24.3 Å². The molecule has 1 aliphatic heterocycles. The van der Waals surface area contributed by atoms with Gasteiger partial charge in [-0.1, -0.05) is 23.7 Å². The zero-order valence-corrected chi connectivity index (χ0v) is 17.3. The Morgan fingerprint density at radius 2 is 1.97 bits per heavy atom. The van der Waals surface area contributed by atoms with Crippen LogP contribution in [0.1, 0.15) is 35.1 Å². The Morgan fingerprint density at radius 3 is 2.72 bits per heavy atom. The molecule has 1 saturated heterocycles. The molecule has 29 heavy (non-hydrogen) atoms. The second-order valence-corrected chi connectivity index (χ2v) is 8.33. The van der Waals surface area contributed by atoms with Crippen molar-refractivity contribution in [2.75, 3.05) is 6.54 Å². The van der Waals surface area contributed by atoms with Crippen LogP contribution in [0.2, 0.25) is 5.02 Å². The van der Waals surface area contributed by atoms with Crippen LogP contribution in [0.15, 0.2) is 53.9 Å². The number of hydrogen-bond donors (Lipinski definition) is 0. The van der Waals surface area contributed by atoms with Crippen molar-refractivity contribution < 1.29 is 13.9 Å². The molecule has 0 aliphatic carbocycles. The van der Waals surface area contributed by atoms with Gasteiger partial charge in [0.2, 0.25) is 5.91 Å². The van der Waals surface area contributed by atoms with Crippen LogP contribution < -0.4 is 4.74 Å². The zero-order valence-electron chi connectivity index (χ0n) is 15.7. The van der Waals surface area contributed by atoms with Crippen LogP contribution in [0.4, 0.5) is 4.39 Å². The molecule has 7 heteroatoms. The first kappa shape index (κ1) is 19.9. The predicted octanol–water partition coefficient (Wildman–Crippen LogP) is 5.42. The van der Waals surface area contributed by atoms with Gasteiger partial charge in [0.1, 0.15) is 23.2 Å². The number of amides is 1. The average molecular weight is 431 g/mol. The fraction of sp³-hybridized carbons (Fsp3) is 0.273. The minimum Gasteiger partial charge on any atom is -0.486 e. The van der Waals surface area contributed by atoms with Crippen LogP contribution in [-0.2, 0) is 17.8 Å². The van der Waals surface area contributed by atoms with Crippen LogP contribution in [0.5, 0.6) is 5.75 Å². The van der Waals surface area contributed by atoms with Gasteiger partial charge in [0.25, 0.3) is 0 Å². The maximum atomic E-state index is 13.2. The monoisotopic (exact) mass is 430 g/mol. The number of nitrogens with zero attached hydrogens (tertiary/aromatic N) is 2. The van der Waals surface area contributed by atoms with Gasteiger partial charge in [0, 0.05) is 16.9 Å². The number of aromatic nitrogens is 1. The third-order valence-electron chi connectivity index (χ3n) is 4.94. The Balaban J connectivity index is 1.35. The van der Waals surface area contributed by atoms with Crippen molar-refractivity contribution in [3.8, 4) is 5.75 Å². The molecular weight excluding hydrogens is 411 g/mol. The van der Waals surface area contributed by atoms with Crippen molar-refractivity contribution in [2.45, 2.75) is 31.9 Å². The van der Waals surface area contributed by atoms with Gasteiger partial charge in [0.05, 0.1) is 18.2 Å². The van der Waals surface area contributed by atoms with E-state index in [9.17, 15) is 9.18 Å². The summed E-state index contributed by atoms with van der Waals surface area (Å²) < 4.78 is 18.9. The number of ether oxygens (including phenoxy) is 1. The molecule has 0 spiro atoms. The molecule has 1 aliphatic rings. The molecular formula is C22H20ClFN2O2S. The lowest BCUT2D eigenvalue weighted by atomic mass is 10.0. The summed E-state index contributed by atoms with van der Waals surface area (Å²) in [5.41, 5.74) is 1.73. The van der Waals surface area contributed by atoms with Crippen LogP contribution in [-0.4, -0.2) is 22.3 Å². The van der Waals surface area contributed by atoms with E-state index in [2.05, 4.69) is 4.98 Å². The summed E-state index contributed by atoms with van der Waals surface area (Å²) in [6, 6.07) is 13.6. The predicted molar refractivity (Wildman–Crippen MR) is 112 cm³/mol. The van der Waals surface area contributed by atoms with Crippen molar-refractivity contribution in [3.63, 3.8) is 0 Å². The van der Waals surface area contributed by atoms with Gasteiger partial charge in [-0.3, -0.25) is 4.79 Å². The van der Waals surface area contributed by atoms with Crippen LogP contribution in [0.3, 0.4) is 0 Å². The van der Waals surface area contributed by atoms with Crippen LogP contribution >= 0.6 is 22.9 Å². The van der Waals surface area contributed by atoms with Gasteiger partial charge >= 0.3 is 0 Å². The van der Waals surface area contributed by atoms with E-state index in [1.807, 2.05) is 22.4 Å². The fourth-order valence-electron chi connectivity index (χ4n) is 3.53. The summed E-state index contributed by atoms with van der Waals surface area (Å²) in [7, 11) is 0.